The summed E-state index contributed by atoms with van der Waals surface area (Å²) < 4.78 is 18.7. The van der Waals surface area contributed by atoms with Gasteiger partial charge in [-0.3, -0.25) is 9.59 Å². The van der Waals surface area contributed by atoms with Crippen molar-refractivity contribution in [2.75, 3.05) is 6.61 Å². The number of carbonyl (C=O) groups excluding carboxylic acids is 3. The van der Waals surface area contributed by atoms with Crippen LogP contribution in [0, 0.1) is 17.8 Å². The molecule has 3 aromatic rings. The first-order valence-electron chi connectivity index (χ1n) is 21.2. The molecule has 0 radical (unpaired) electrons. The molecular weight excluding hydrogens is 775 g/mol. The highest BCUT2D eigenvalue weighted by Gasteiger charge is 2.43. The Hall–Kier alpha value is -4.68. The zero-order valence-electron chi connectivity index (χ0n) is 38.0. The Labute approximate surface area is 359 Å². The largest absolute Gasteiger partial charge is 0.493 e. The average Bonchev–Trinajstić information content (AvgIpc) is 3.14. The van der Waals surface area contributed by atoms with E-state index in [1.807, 2.05) is 95.3 Å². The third-order valence-electron chi connectivity index (χ3n) is 10.7. The normalized spacial score (nSPS) is 14.7. The summed E-state index contributed by atoms with van der Waals surface area (Å²) in [6.45, 7) is 24.4. The van der Waals surface area contributed by atoms with Crippen LogP contribution in [0.2, 0.25) is 18.1 Å². The fourth-order valence-electron chi connectivity index (χ4n) is 6.40. The molecule has 3 amide bonds. The number of hydrogen-bond donors (Lipinski definition) is 4. The molecule has 0 bridgehead atoms. The lowest BCUT2D eigenvalue weighted by Gasteiger charge is -2.42. The lowest BCUT2D eigenvalue weighted by atomic mass is 9.88. The first kappa shape index (κ1) is 49.7. The summed E-state index contributed by atoms with van der Waals surface area (Å²) in [6, 6.07) is 23.8. The fraction of sp³-hybridized carbons (Fsp3) is 0.542. The number of aliphatic carboxylic acids is 1. The van der Waals surface area contributed by atoms with Crippen LogP contribution in [0.4, 0.5) is 4.79 Å². The third kappa shape index (κ3) is 16.8. The minimum absolute atomic E-state index is 0.0425. The molecule has 0 aromatic heterocycles. The second kappa shape index (κ2) is 22.2. The predicted molar refractivity (Wildman–Crippen MR) is 240 cm³/mol. The molecule has 60 heavy (non-hydrogen) atoms. The van der Waals surface area contributed by atoms with Crippen LogP contribution in [-0.2, 0) is 42.8 Å². The number of rotatable bonds is 21. The summed E-state index contributed by atoms with van der Waals surface area (Å²) in [7, 11) is -2.53. The maximum Gasteiger partial charge on any atom is 0.407 e. The Morgan fingerprint density at radius 3 is 1.70 bits per heavy atom. The molecule has 0 spiro atoms. The predicted octanol–water partition coefficient (Wildman–Crippen LogP) is 8.75. The number of alkyl carbamates (subject to hydrolysis) is 1. The topological polar surface area (TPSA) is 152 Å². The van der Waals surface area contributed by atoms with Crippen LogP contribution in [0.3, 0.4) is 0 Å². The van der Waals surface area contributed by atoms with Crippen LogP contribution >= 0.6 is 0 Å². The van der Waals surface area contributed by atoms with Crippen molar-refractivity contribution in [3.05, 3.63) is 102 Å². The zero-order chi connectivity index (χ0) is 44.8. The van der Waals surface area contributed by atoms with Gasteiger partial charge >= 0.3 is 12.1 Å². The molecule has 4 unspecified atom stereocenters. The summed E-state index contributed by atoms with van der Waals surface area (Å²) in [5.41, 5.74) is 1.86. The molecule has 12 heteroatoms. The monoisotopic (exact) mass is 846 g/mol. The van der Waals surface area contributed by atoms with E-state index in [4.69, 9.17) is 13.9 Å². The molecule has 11 nitrogen and oxygen atoms in total. The van der Waals surface area contributed by atoms with Crippen LogP contribution in [0.1, 0.15) is 92.3 Å². The van der Waals surface area contributed by atoms with E-state index in [0.717, 1.165) is 11.1 Å². The number of carboxylic acids is 1. The lowest BCUT2D eigenvalue weighted by molar-refractivity contribution is -0.142. The van der Waals surface area contributed by atoms with Crippen molar-refractivity contribution in [2.24, 2.45) is 17.8 Å². The second-order valence-corrected chi connectivity index (χ2v) is 23.9. The van der Waals surface area contributed by atoms with E-state index in [0.29, 0.717) is 36.7 Å². The van der Waals surface area contributed by atoms with Gasteiger partial charge in [0.05, 0.1) is 18.8 Å². The zero-order valence-corrected chi connectivity index (χ0v) is 39.0. The van der Waals surface area contributed by atoms with Crippen molar-refractivity contribution < 1.29 is 38.2 Å². The maximum absolute atomic E-state index is 14.7. The lowest BCUT2D eigenvalue weighted by Crippen LogP contribution is -2.56. The van der Waals surface area contributed by atoms with E-state index in [1.54, 1.807) is 24.3 Å². The molecular formula is C48H71N3O8Si. The number of hydrogen-bond acceptors (Lipinski definition) is 7. The van der Waals surface area contributed by atoms with Crippen LogP contribution in [0.25, 0.3) is 0 Å². The summed E-state index contributed by atoms with van der Waals surface area (Å²) in [5, 5.41) is 18.8. The fourth-order valence-corrected chi connectivity index (χ4v) is 7.77. The standard InChI is InChI=1S/C48H71N3O8Si/c1-32(2)31-57-38-25-23-36(24-26-38)29-40(45(54)55)49-44(53)42(33(3)4)51-43(52)37(27-34-19-15-13-16-20-34)30-41(59-60(11,12)48(8,9)10)39(28-35-21-17-14-18-22-35)50-46(56)58-47(5,6)7/h13-26,32-33,37,39-42H,27-31H2,1-12H3,(H,49,53)(H,50,56)(H,51,52)(H,54,55)/t37?,39?,40-,41?,42?/m0/s1. The number of carboxylic acid groups (broad SMARTS) is 1. The van der Waals surface area contributed by atoms with Gasteiger partial charge in [0.2, 0.25) is 11.8 Å². The number of amides is 3. The first-order valence-corrected chi connectivity index (χ1v) is 24.2. The van der Waals surface area contributed by atoms with Gasteiger partial charge in [-0.2, -0.15) is 0 Å². The Balaban J connectivity index is 1.99. The molecule has 0 heterocycles. The molecule has 3 rings (SSSR count). The average molecular weight is 846 g/mol. The highest BCUT2D eigenvalue weighted by atomic mass is 28.4. The minimum atomic E-state index is -2.53. The van der Waals surface area contributed by atoms with Gasteiger partial charge in [-0.05, 0) is 98.8 Å². The van der Waals surface area contributed by atoms with E-state index in [-0.39, 0.29) is 29.7 Å². The van der Waals surface area contributed by atoms with Gasteiger partial charge in [0.25, 0.3) is 0 Å². The van der Waals surface area contributed by atoms with Crippen molar-refractivity contribution in [3.63, 3.8) is 0 Å². The van der Waals surface area contributed by atoms with Gasteiger partial charge in [0, 0.05) is 12.3 Å². The van der Waals surface area contributed by atoms with E-state index in [9.17, 15) is 24.3 Å². The summed E-state index contributed by atoms with van der Waals surface area (Å²) in [5.74, 6) is -2.21. The van der Waals surface area contributed by atoms with E-state index >= 15 is 0 Å². The van der Waals surface area contributed by atoms with Crippen molar-refractivity contribution in [1.29, 1.82) is 0 Å². The van der Waals surface area contributed by atoms with Crippen LogP contribution in [0.5, 0.6) is 5.75 Å². The molecule has 330 valence electrons. The van der Waals surface area contributed by atoms with Crippen molar-refractivity contribution >= 4 is 32.2 Å². The smallest absolute Gasteiger partial charge is 0.407 e. The van der Waals surface area contributed by atoms with Gasteiger partial charge in [-0.15, -0.1) is 0 Å². The van der Waals surface area contributed by atoms with Gasteiger partial charge in [0.1, 0.15) is 23.4 Å². The molecule has 0 aliphatic carbocycles. The van der Waals surface area contributed by atoms with E-state index in [2.05, 4.69) is 63.7 Å². The quantitative estimate of drug-likeness (QED) is 0.0778. The molecule has 0 saturated carbocycles. The summed E-state index contributed by atoms with van der Waals surface area (Å²) in [4.78, 5) is 54.7. The molecule has 0 aliphatic rings. The van der Waals surface area contributed by atoms with Gasteiger partial charge < -0.3 is 35.0 Å². The van der Waals surface area contributed by atoms with Crippen molar-refractivity contribution in [1.82, 2.24) is 16.0 Å². The minimum Gasteiger partial charge on any atom is -0.493 e. The van der Waals surface area contributed by atoms with Gasteiger partial charge in [-0.25, -0.2) is 9.59 Å². The summed E-state index contributed by atoms with van der Waals surface area (Å²) >= 11 is 0. The highest BCUT2D eigenvalue weighted by Crippen LogP contribution is 2.39. The third-order valence-corrected chi connectivity index (χ3v) is 15.2. The second-order valence-electron chi connectivity index (χ2n) is 19.2. The number of ether oxygens (including phenoxy) is 2. The maximum atomic E-state index is 14.7. The first-order chi connectivity index (χ1) is 27.9. The van der Waals surface area contributed by atoms with E-state index in [1.165, 1.54) is 0 Å². The Morgan fingerprint density at radius 1 is 0.683 bits per heavy atom. The van der Waals surface area contributed by atoms with Gasteiger partial charge in [0.15, 0.2) is 8.32 Å². The Morgan fingerprint density at radius 2 is 1.22 bits per heavy atom. The number of carbonyl (C=O) groups is 4. The van der Waals surface area contributed by atoms with Crippen molar-refractivity contribution in [3.8, 4) is 5.75 Å². The number of benzene rings is 3. The van der Waals surface area contributed by atoms with Crippen LogP contribution < -0.4 is 20.7 Å². The van der Waals surface area contributed by atoms with E-state index < -0.39 is 62.0 Å². The van der Waals surface area contributed by atoms with Crippen molar-refractivity contribution in [2.45, 2.75) is 143 Å². The molecule has 0 fully saturated rings. The van der Waals surface area contributed by atoms with Gasteiger partial charge in [-0.1, -0.05) is 121 Å². The Bertz CT molecular complexity index is 1800. The summed E-state index contributed by atoms with van der Waals surface area (Å²) in [6.07, 6.45) is -0.225. The molecule has 4 N–H and O–H groups in total. The Kier molecular flexibility index (Phi) is 18.4. The van der Waals surface area contributed by atoms with Crippen LogP contribution in [0.15, 0.2) is 84.9 Å². The molecule has 5 atom stereocenters. The molecule has 0 aliphatic heterocycles. The highest BCUT2D eigenvalue weighted by molar-refractivity contribution is 6.74. The molecule has 3 aromatic carbocycles. The number of nitrogens with one attached hydrogen (secondary N) is 3. The molecule has 0 saturated heterocycles. The SMILES string of the molecule is CC(C)COc1ccc(C[C@H](NC(=O)C(NC(=O)C(Cc2ccccc2)CC(O[Si](C)(C)C(C)(C)C)C(Cc2ccccc2)NC(=O)OC(C)(C)C)C(C)C)C(=O)O)cc1. The van der Waals surface area contributed by atoms with Crippen LogP contribution in [-0.4, -0.2) is 73.7 Å².